The summed E-state index contributed by atoms with van der Waals surface area (Å²) in [5.74, 6) is -0.410. The molecule has 2 atom stereocenters. The van der Waals surface area contributed by atoms with Gasteiger partial charge in [-0.05, 0) is 45.7 Å². The number of benzene rings is 1. The van der Waals surface area contributed by atoms with Gasteiger partial charge in [0.05, 0.1) is 6.04 Å². The van der Waals surface area contributed by atoms with Gasteiger partial charge in [0.15, 0.2) is 0 Å². The van der Waals surface area contributed by atoms with E-state index in [0.717, 1.165) is 6.42 Å². The van der Waals surface area contributed by atoms with Crippen molar-refractivity contribution in [3.05, 3.63) is 34.6 Å². The third-order valence-electron chi connectivity index (χ3n) is 3.90. The Hall–Kier alpha value is -1.13. The quantitative estimate of drug-likeness (QED) is 0.860. The van der Waals surface area contributed by atoms with Gasteiger partial charge < -0.3 is 10.6 Å². The first-order valence-corrected chi connectivity index (χ1v) is 7.63. The largest absolute Gasteiger partial charge is 0.329 e. The molecule has 1 amide bonds. The summed E-state index contributed by atoms with van der Waals surface area (Å²) in [5.41, 5.74) is 6.16. The Morgan fingerprint density at radius 3 is 2.62 bits per heavy atom. The maximum absolute atomic E-state index is 14.4. The third-order valence-corrected chi connectivity index (χ3v) is 4.23. The molecule has 1 aromatic carbocycles. The lowest BCUT2D eigenvalue weighted by Gasteiger charge is -2.43. The Morgan fingerprint density at radius 1 is 1.38 bits per heavy atom. The van der Waals surface area contributed by atoms with Crippen LogP contribution in [0.4, 0.5) is 4.39 Å². The standard InChI is InChI=1S/C16H22ClFN2O/c1-16(2,3)20-13(21)9-5-8-12(19)15(20)14-10(17)6-4-7-11(14)18/h4,6-7,12,15H,5,8-9,19H2,1-3H3. The molecule has 116 valence electrons. The monoisotopic (exact) mass is 312 g/mol. The lowest BCUT2D eigenvalue weighted by molar-refractivity contribution is -0.139. The highest BCUT2D eigenvalue weighted by molar-refractivity contribution is 6.31. The molecule has 5 heteroatoms. The van der Waals surface area contributed by atoms with Crippen LogP contribution in [0.5, 0.6) is 0 Å². The van der Waals surface area contributed by atoms with Crippen LogP contribution in [0.25, 0.3) is 0 Å². The van der Waals surface area contributed by atoms with Crippen molar-refractivity contribution in [3.63, 3.8) is 0 Å². The smallest absolute Gasteiger partial charge is 0.223 e. The van der Waals surface area contributed by atoms with Crippen molar-refractivity contribution in [2.75, 3.05) is 0 Å². The van der Waals surface area contributed by atoms with Gasteiger partial charge in [-0.1, -0.05) is 17.7 Å². The van der Waals surface area contributed by atoms with E-state index in [1.807, 2.05) is 20.8 Å². The van der Waals surface area contributed by atoms with Crippen LogP contribution in [-0.4, -0.2) is 22.4 Å². The summed E-state index contributed by atoms with van der Waals surface area (Å²) in [7, 11) is 0. The number of carbonyl (C=O) groups is 1. The second-order valence-corrected chi connectivity index (χ2v) is 6.98. The van der Waals surface area contributed by atoms with Crippen LogP contribution in [0, 0.1) is 5.82 Å². The molecule has 2 unspecified atom stereocenters. The highest BCUT2D eigenvalue weighted by atomic mass is 35.5. The van der Waals surface area contributed by atoms with E-state index in [1.54, 1.807) is 17.0 Å². The molecule has 0 radical (unpaired) electrons. The summed E-state index contributed by atoms with van der Waals surface area (Å²) in [6.45, 7) is 5.81. The summed E-state index contributed by atoms with van der Waals surface area (Å²) in [4.78, 5) is 14.2. The normalized spacial score (nSPS) is 24.1. The molecule has 0 bridgehead atoms. The Labute approximate surface area is 130 Å². The molecule has 2 N–H and O–H groups in total. The number of hydrogen-bond donors (Lipinski definition) is 1. The molecule has 1 heterocycles. The van der Waals surface area contributed by atoms with E-state index in [1.165, 1.54) is 6.07 Å². The van der Waals surface area contributed by atoms with E-state index in [9.17, 15) is 9.18 Å². The van der Waals surface area contributed by atoms with Crippen molar-refractivity contribution < 1.29 is 9.18 Å². The molecule has 1 aromatic rings. The number of nitrogens with zero attached hydrogens (tertiary/aromatic N) is 1. The zero-order valence-corrected chi connectivity index (χ0v) is 13.5. The van der Waals surface area contributed by atoms with Gasteiger partial charge in [0.25, 0.3) is 0 Å². The minimum absolute atomic E-state index is 0.000213. The molecule has 0 aliphatic carbocycles. The fourth-order valence-electron chi connectivity index (χ4n) is 3.04. The van der Waals surface area contributed by atoms with Gasteiger partial charge >= 0.3 is 0 Å². The Morgan fingerprint density at radius 2 is 2.05 bits per heavy atom. The average molecular weight is 313 g/mol. The Bertz CT molecular complexity index is 521. The topological polar surface area (TPSA) is 46.3 Å². The van der Waals surface area contributed by atoms with E-state index < -0.39 is 17.4 Å². The van der Waals surface area contributed by atoms with Gasteiger partial charge in [0.2, 0.25) is 5.91 Å². The van der Waals surface area contributed by atoms with Crippen LogP contribution in [0.1, 0.15) is 51.6 Å². The molecule has 3 nitrogen and oxygen atoms in total. The first-order valence-electron chi connectivity index (χ1n) is 7.25. The molecule has 0 saturated carbocycles. The van der Waals surface area contributed by atoms with Crippen molar-refractivity contribution in [1.82, 2.24) is 4.90 Å². The van der Waals surface area contributed by atoms with E-state index in [4.69, 9.17) is 17.3 Å². The summed E-state index contributed by atoms with van der Waals surface area (Å²) >= 11 is 6.21. The molecule has 0 aromatic heterocycles. The number of rotatable bonds is 1. The first-order chi connectivity index (χ1) is 9.73. The maximum Gasteiger partial charge on any atom is 0.223 e. The van der Waals surface area contributed by atoms with Gasteiger partial charge in [-0.15, -0.1) is 0 Å². The van der Waals surface area contributed by atoms with Crippen LogP contribution in [0.15, 0.2) is 18.2 Å². The molecular formula is C16H22ClFN2O. The van der Waals surface area contributed by atoms with Gasteiger partial charge in [-0.3, -0.25) is 4.79 Å². The molecular weight excluding hydrogens is 291 g/mol. The van der Waals surface area contributed by atoms with Gasteiger partial charge in [-0.2, -0.15) is 0 Å². The fourth-order valence-corrected chi connectivity index (χ4v) is 3.32. The van der Waals surface area contributed by atoms with Crippen LogP contribution in [0.3, 0.4) is 0 Å². The number of carbonyl (C=O) groups excluding carboxylic acids is 1. The molecule has 1 saturated heterocycles. The lowest BCUT2D eigenvalue weighted by Crippen LogP contribution is -2.51. The molecule has 1 aliphatic heterocycles. The van der Waals surface area contributed by atoms with Gasteiger partial charge in [0.1, 0.15) is 5.82 Å². The minimum Gasteiger partial charge on any atom is -0.329 e. The van der Waals surface area contributed by atoms with Crippen molar-refractivity contribution in [2.45, 2.75) is 57.7 Å². The van der Waals surface area contributed by atoms with Crippen LogP contribution >= 0.6 is 11.6 Å². The van der Waals surface area contributed by atoms with Crippen molar-refractivity contribution in [1.29, 1.82) is 0 Å². The number of amides is 1. The Kier molecular flexibility index (Phi) is 4.59. The van der Waals surface area contributed by atoms with E-state index in [2.05, 4.69) is 0 Å². The van der Waals surface area contributed by atoms with Crippen molar-refractivity contribution in [2.24, 2.45) is 5.73 Å². The maximum atomic E-state index is 14.4. The second kappa shape index (κ2) is 5.93. The zero-order valence-electron chi connectivity index (χ0n) is 12.7. The fraction of sp³-hybridized carbons (Fsp3) is 0.562. The molecule has 21 heavy (non-hydrogen) atoms. The molecule has 1 aliphatic rings. The van der Waals surface area contributed by atoms with Crippen LogP contribution < -0.4 is 5.73 Å². The molecule has 1 fully saturated rings. The SMILES string of the molecule is CC(C)(C)N1C(=O)CCCC(N)C1c1c(F)cccc1Cl. The van der Waals surface area contributed by atoms with E-state index >= 15 is 0 Å². The predicted molar refractivity (Wildman–Crippen MR) is 82.6 cm³/mol. The predicted octanol–water partition coefficient (Wildman–Crippen LogP) is 3.66. The average Bonchev–Trinajstić information content (AvgIpc) is 2.48. The summed E-state index contributed by atoms with van der Waals surface area (Å²) in [6, 6.07) is 3.71. The summed E-state index contributed by atoms with van der Waals surface area (Å²) < 4.78 is 14.4. The Balaban J connectivity index is 2.61. The van der Waals surface area contributed by atoms with E-state index in [0.29, 0.717) is 23.4 Å². The summed E-state index contributed by atoms with van der Waals surface area (Å²) in [6.07, 6.45) is 1.83. The zero-order chi connectivity index (χ0) is 15.8. The minimum atomic E-state index is -0.534. The lowest BCUT2D eigenvalue weighted by atomic mass is 9.92. The van der Waals surface area contributed by atoms with Gasteiger partial charge in [0, 0.05) is 28.6 Å². The second-order valence-electron chi connectivity index (χ2n) is 6.57. The third kappa shape index (κ3) is 3.22. The molecule has 0 spiro atoms. The number of hydrogen-bond acceptors (Lipinski definition) is 2. The van der Waals surface area contributed by atoms with Crippen LogP contribution in [0.2, 0.25) is 5.02 Å². The highest BCUT2D eigenvalue weighted by Gasteiger charge is 2.40. The van der Waals surface area contributed by atoms with Crippen molar-refractivity contribution in [3.8, 4) is 0 Å². The first kappa shape index (κ1) is 16.2. The van der Waals surface area contributed by atoms with Crippen molar-refractivity contribution >= 4 is 17.5 Å². The number of likely N-dealkylation sites (tertiary alicyclic amines) is 1. The van der Waals surface area contributed by atoms with E-state index in [-0.39, 0.29) is 11.9 Å². The highest BCUT2D eigenvalue weighted by Crippen LogP contribution is 2.39. The number of nitrogens with two attached hydrogens (primary N) is 1. The van der Waals surface area contributed by atoms with Crippen LogP contribution in [-0.2, 0) is 4.79 Å². The molecule has 2 rings (SSSR count). The number of halogens is 2. The van der Waals surface area contributed by atoms with Gasteiger partial charge in [-0.25, -0.2) is 4.39 Å². The summed E-state index contributed by atoms with van der Waals surface area (Å²) in [5, 5.41) is 0.319.